The molecule has 1 aromatic carbocycles. The summed E-state index contributed by atoms with van der Waals surface area (Å²) in [4.78, 5) is 14.9. The lowest BCUT2D eigenvalue weighted by atomic mass is 10.2. The number of benzene rings is 1. The fourth-order valence-corrected chi connectivity index (χ4v) is 5.21. The van der Waals surface area contributed by atoms with Gasteiger partial charge in [-0.2, -0.15) is 0 Å². The van der Waals surface area contributed by atoms with E-state index >= 15 is 0 Å². The molecule has 1 aliphatic heterocycles. The van der Waals surface area contributed by atoms with E-state index in [-0.39, 0.29) is 23.5 Å². The van der Waals surface area contributed by atoms with Crippen LogP contribution in [0.4, 0.5) is 0 Å². The Morgan fingerprint density at radius 3 is 2.71 bits per heavy atom. The minimum atomic E-state index is -2.95. The number of thioether (sulfide) groups is 1. The molecule has 2 rings (SSSR count). The molecule has 21 heavy (non-hydrogen) atoms. The molecular weight excluding hydrogens is 306 g/mol. The van der Waals surface area contributed by atoms with Crippen LogP contribution in [0.3, 0.4) is 0 Å². The molecule has 0 aliphatic carbocycles. The molecule has 1 atom stereocenters. The van der Waals surface area contributed by atoms with Crippen molar-refractivity contribution in [1.29, 1.82) is 0 Å². The zero-order valence-electron chi connectivity index (χ0n) is 12.6. The maximum Gasteiger partial charge on any atom is 0.232 e. The molecule has 1 saturated heterocycles. The predicted molar refractivity (Wildman–Crippen MR) is 86.5 cm³/mol. The van der Waals surface area contributed by atoms with Gasteiger partial charge < -0.3 is 4.90 Å². The second kappa shape index (κ2) is 6.40. The first kappa shape index (κ1) is 16.4. The summed E-state index contributed by atoms with van der Waals surface area (Å²) in [6.07, 6.45) is 0.554. The Morgan fingerprint density at radius 1 is 1.38 bits per heavy atom. The number of sulfone groups is 1. The summed E-state index contributed by atoms with van der Waals surface area (Å²) in [5, 5.41) is 0. The number of carbonyl (C=O) groups is 1. The Bertz CT molecular complexity index is 640. The van der Waals surface area contributed by atoms with Gasteiger partial charge in [-0.3, -0.25) is 4.79 Å². The maximum absolute atomic E-state index is 12.2. The molecule has 0 bridgehead atoms. The van der Waals surface area contributed by atoms with Gasteiger partial charge in [-0.1, -0.05) is 17.7 Å². The van der Waals surface area contributed by atoms with E-state index < -0.39 is 9.84 Å². The van der Waals surface area contributed by atoms with Crippen molar-refractivity contribution in [1.82, 2.24) is 4.90 Å². The van der Waals surface area contributed by atoms with E-state index in [2.05, 4.69) is 18.2 Å². The molecule has 4 nitrogen and oxygen atoms in total. The average Bonchev–Trinajstić information content (AvgIpc) is 2.79. The monoisotopic (exact) mass is 327 g/mol. The lowest BCUT2D eigenvalue weighted by Gasteiger charge is -2.23. The van der Waals surface area contributed by atoms with E-state index in [1.807, 2.05) is 13.8 Å². The number of nitrogens with zero attached hydrogens (tertiary/aromatic N) is 1. The normalized spacial score (nSPS) is 20.4. The van der Waals surface area contributed by atoms with Crippen molar-refractivity contribution in [3.63, 3.8) is 0 Å². The molecule has 0 aromatic heterocycles. The number of rotatable bonds is 4. The minimum absolute atomic E-state index is 0.0111. The molecule has 1 heterocycles. The van der Waals surface area contributed by atoms with Gasteiger partial charge in [0, 0.05) is 18.0 Å². The van der Waals surface area contributed by atoms with Crippen LogP contribution in [0, 0.1) is 13.8 Å². The molecule has 0 N–H and O–H groups in total. The standard InChI is InChI=1S/C15H21NO3S2/c1-11-4-5-12(2)14(8-11)20-9-15(17)16(3)13-6-7-21(18,19)10-13/h4-5,8,13H,6-7,9-10H2,1-3H3. The SMILES string of the molecule is Cc1ccc(C)c(SCC(=O)N(C)C2CCS(=O)(=O)C2)c1. The van der Waals surface area contributed by atoms with Gasteiger partial charge in [-0.05, 0) is 31.9 Å². The molecule has 1 fully saturated rings. The molecular formula is C15H21NO3S2. The first-order chi connectivity index (χ1) is 9.78. The first-order valence-electron chi connectivity index (χ1n) is 6.94. The molecule has 0 radical (unpaired) electrons. The van der Waals surface area contributed by atoms with Crippen LogP contribution in [0.5, 0.6) is 0 Å². The second-order valence-corrected chi connectivity index (χ2v) is 8.87. The molecule has 6 heteroatoms. The van der Waals surface area contributed by atoms with E-state index in [0.717, 1.165) is 10.5 Å². The molecule has 1 amide bonds. The van der Waals surface area contributed by atoms with Crippen LogP contribution in [0.25, 0.3) is 0 Å². The van der Waals surface area contributed by atoms with E-state index in [0.29, 0.717) is 12.2 Å². The zero-order chi connectivity index (χ0) is 15.6. The van der Waals surface area contributed by atoms with E-state index in [1.54, 1.807) is 11.9 Å². The largest absolute Gasteiger partial charge is 0.341 e. The molecule has 0 spiro atoms. The van der Waals surface area contributed by atoms with Gasteiger partial charge in [0.05, 0.1) is 17.3 Å². The molecule has 1 aliphatic rings. The van der Waals surface area contributed by atoms with Gasteiger partial charge in [0.25, 0.3) is 0 Å². The summed E-state index contributed by atoms with van der Waals surface area (Å²) >= 11 is 1.52. The molecule has 116 valence electrons. The smallest absolute Gasteiger partial charge is 0.232 e. The Morgan fingerprint density at radius 2 is 2.10 bits per heavy atom. The highest BCUT2D eigenvalue weighted by Crippen LogP contribution is 2.24. The van der Waals surface area contributed by atoms with Gasteiger partial charge in [-0.25, -0.2) is 8.42 Å². The summed E-state index contributed by atoms with van der Waals surface area (Å²) in [6, 6.07) is 6.01. The van der Waals surface area contributed by atoms with Crippen molar-refractivity contribution in [3.8, 4) is 0 Å². The second-order valence-electron chi connectivity index (χ2n) is 5.62. The van der Waals surface area contributed by atoms with Gasteiger partial charge in [-0.15, -0.1) is 11.8 Å². The molecule has 0 saturated carbocycles. The van der Waals surface area contributed by atoms with Crippen LogP contribution in [0.1, 0.15) is 17.5 Å². The average molecular weight is 327 g/mol. The summed E-state index contributed by atoms with van der Waals surface area (Å²) in [5.41, 5.74) is 2.33. The number of carbonyl (C=O) groups excluding carboxylic acids is 1. The Labute approximate surface area is 130 Å². The highest BCUT2D eigenvalue weighted by Gasteiger charge is 2.32. The Hall–Kier alpha value is -1.01. The highest BCUT2D eigenvalue weighted by atomic mass is 32.2. The van der Waals surface area contributed by atoms with E-state index in [9.17, 15) is 13.2 Å². The van der Waals surface area contributed by atoms with Crippen LogP contribution < -0.4 is 0 Å². The summed E-state index contributed by atoms with van der Waals surface area (Å²) < 4.78 is 23.0. The van der Waals surface area contributed by atoms with Crippen molar-refractivity contribution in [2.45, 2.75) is 31.2 Å². The lowest BCUT2D eigenvalue weighted by Crippen LogP contribution is -2.38. The van der Waals surface area contributed by atoms with Crippen LogP contribution in [0.15, 0.2) is 23.1 Å². The van der Waals surface area contributed by atoms with Gasteiger partial charge in [0.15, 0.2) is 9.84 Å². The summed E-state index contributed by atoms with van der Waals surface area (Å²) in [7, 11) is -1.25. The number of amides is 1. The lowest BCUT2D eigenvalue weighted by molar-refractivity contribution is -0.128. The first-order valence-corrected chi connectivity index (χ1v) is 9.75. The third-order valence-electron chi connectivity index (χ3n) is 3.84. The Balaban J connectivity index is 1.94. The molecule has 1 unspecified atom stereocenters. The number of hydrogen-bond donors (Lipinski definition) is 0. The molecule has 1 aromatic rings. The van der Waals surface area contributed by atoms with Crippen molar-refractivity contribution in [3.05, 3.63) is 29.3 Å². The zero-order valence-corrected chi connectivity index (χ0v) is 14.3. The summed E-state index contributed by atoms with van der Waals surface area (Å²) in [5.74, 6) is 0.628. The van der Waals surface area contributed by atoms with Crippen molar-refractivity contribution in [2.24, 2.45) is 0 Å². The van der Waals surface area contributed by atoms with Gasteiger partial charge in [0.2, 0.25) is 5.91 Å². The third kappa shape index (κ3) is 4.23. The summed E-state index contributed by atoms with van der Waals surface area (Å²) in [6.45, 7) is 4.06. The highest BCUT2D eigenvalue weighted by molar-refractivity contribution is 8.00. The van der Waals surface area contributed by atoms with E-state index in [1.165, 1.54) is 17.3 Å². The van der Waals surface area contributed by atoms with Crippen LogP contribution in [-0.2, 0) is 14.6 Å². The van der Waals surface area contributed by atoms with Crippen molar-refractivity contribution >= 4 is 27.5 Å². The van der Waals surface area contributed by atoms with Crippen LogP contribution in [0.2, 0.25) is 0 Å². The number of aryl methyl sites for hydroxylation is 2. The van der Waals surface area contributed by atoms with Gasteiger partial charge in [0.1, 0.15) is 0 Å². The Kier molecular flexibility index (Phi) is 4.99. The van der Waals surface area contributed by atoms with Crippen LogP contribution >= 0.6 is 11.8 Å². The quantitative estimate of drug-likeness (QED) is 0.794. The minimum Gasteiger partial charge on any atom is -0.341 e. The maximum atomic E-state index is 12.2. The fourth-order valence-electron chi connectivity index (χ4n) is 2.39. The van der Waals surface area contributed by atoms with Crippen LogP contribution in [-0.4, -0.2) is 49.6 Å². The number of hydrogen-bond acceptors (Lipinski definition) is 4. The third-order valence-corrected chi connectivity index (χ3v) is 6.74. The fraction of sp³-hybridized carbons (Fsp3) is 0.533. The topological polar surface area (TPSA) is 54.5 Å². The van der Waals surface area contributed by atoms with E-state index in [4.69, 9.17) is 0 Å². The van der Waals surface area contributed by atoms with Crippen molar-refractivity contribution < 1.29 is 13.2 Å². The van der Waals surface area contributed by atoms with Crippen molar-refractivity contribution in [2.75, 3.05) is 24.3 Å². The predicted octanol–water partition coefficient (Wildman–Crippen LogP) is 2.04. The van der Waals surface area contributed by atoms with Gasteiger partial charge >= 0.3 is 0 Å².